The molecular weight excluding hydrogens is 284 g/mol. The molecule has 5 heteroatoms. The summed E-state index contributed by atoms with van der Waals surface area (Å²) in [5, 5.41) is 0. The maximum absolute atomic E-state index is 11.8. The van der Waals surface area contributed by atoms with Gasteiger partial charge in [0.2, 0.25) is 0 Å². The van der Waals surface area contributed by atoms with E-state index in [0.717, 1.165) is 5.56 Å². The quantitative estimate of drug-likeness (QED) is 0.398. The summed E-state index contributed by atoms with van der Waals surface area (Å²) in [5.41, 5.74) is 2.49. The highest BCUT2D eigenvalue weighted by molar-refractivity contribution is 5.97. The maximum atomic E-state index is 11.8. The van der Waals surface area contributed by atoms with Gasteiger partial charge >= 0.3 is 0 Å². The van der Waals surface area contributed by atoms with Crippen molar-refractivity contribution in [1.82, 2.24) is 0 Å². The Kier molecular flexibility index (Phi) is 7.63. The van der Waals surface area contributed by atoms with E-state index in [4.69, 9.17) is 18.9 Å². The number of allylic oxidation sites excluding steroid dienone is 2. The molecule has 5 nitrogen and oxygen atoms in total. The van der Waals surface area contributed by atoms with Crippen molar-refractivity contribution < 1.29 is 23.7 Å². The van der Waals surface area contributed by atoms with Crippen molar-refractivity contribution in [2.45, 2.75) is 27.2 Å². The third kappa shape index (κ3) is 5.16. The van der Waals surface area contributed by atoms with Crippen LogP contribution in [-0.4, -0.2) is 33.6 Å². The third-order valence-corrected chi connectivity index (χ3v) is 2.96. The number of hydrogen-bond acceptors (Lipinski definition) is 5. The first kappa shape index (κ1) is 18.2. The van der Waals surface area contributed by atoms with Crippen LogP contribution in [0.5, 0.6) is 11.5 Å². The second-order valence-corrected chi connectivity index (χ2v) is 5.06. The average Bonchev–Trinajstić information content (AvgIpc) is 2.48. The summed E-state index contributed by atoms with van der Waals surface area (Å²) < 4.78 is 21.2. The van der Waals surface area contributed by atoms with E-state index in [1.807, 2.05) is 13.8 Å². The summed E-state index contributed by atoms with van der Waals surface area (Å²) in [4.78, 5) is 11.8. The molecule has 0 aromatic heterocycles. The Bertz CT molecular complexity index is 530. The molecule has 0 heterocycles. The molecule has 0 saturated carbocycles. The van der Waals surface area contributed by atoms with Crippen molar-refractivity contribution in [1.29, 1.82) is 0 Å². The Morgan fingerprint density at radius 2 is 1.68 bits per heavy atom. The Labute approximate surface area is 131 Å². The van der Waals surface area contributed by atoms with Gasteiger partial charge in [0.05, 0.1) is 5.56 Å². The standard InChI is InChI=1S/C17H24O5/c1-12(2)6-7-15-16(21-10-19-4)9-8-14(13(3)18)17(15)22-11-20-5/h6,8-9H,7,10-11H2,1-5H3. The highest BCUT2D eigenvalue weighted by Gasteiger charge is 2.18. The van der Waals surface area contributed by atoms with Gasteiger partial charge in [-0.25, -0.2) is 0 Å². The van der Waals surface area contributed by atoms with Crippen LogP contribution >= 0.6 is 0 Å². The predicted octanol–water partition coefficient (Wildman–Crippen LogP) is 3.36. The van der Waals surface area contributed by atoms with E-state index in [1.54, 1.807) is 19.2 Å². The SMILES string of the molecule is COCOc1ccc(C(C)=O)c(OCOC)c1CC=C(C)C. The number of ether oxygens (including phenoxy) is 4. The lowest BCUT2D eigenvalue weighted by molar-refractivity contribution is 0.0444. The molecule has 0 fully saturated rings. The molecule has 1 aromatic rings. The zero-order chi connectivity index (χ0) is 16.5. The maximum Gasteiger partial charge on any atom is 0.188 e. The van der Waals surface area contributed by atoms with Gasteiger partial charge in [0.1, 0.15) is 11.5 Å². The van der Waals surface area contributed by atoms with Crippen LogP contribution in [-0.2, 0) is 15.9 Å². The van der Waals surface area contributed by atoms with Gasteiger partial charge in [-0.2, -0.15) is 0 Å². The van der Waals surface area contributed by atoms with Crippen LogP contribution in [0.3, 0.4) is 0 Å². The van der Waals surface area contributed by atoms with Crippen LogP contribution in [0.4, 0.5) is 0 Å². The third-order valence-electron chi connectivity index (χ3n) is 2.96. The Morgan fingerprint density at radius 1 is 1.05 bits per heavy atom. The van der Waals surface area contributed by atoms with E-state index in [1.165, 1.54) is 19.6 Å². The molecule has 0 aliphatic heterocycles. The first-order valence-corrected chi connectivity index (χ1v) is 7.04. The molecule has 0 amide bonds. The van der Waals surface area contributed by atoms with Crippen LogP contribution in [0.25, 0.3) is 0 Å². The van der Waals surface area contributed by atoms with Gasteiger partial charge in [-0.05, 0) is 39.3 Å². The van der Waals surface area contributed by atoms with Crippen LogP contribution in [0.1, 0.15) is 36.7 Å². The van der Waals surface area contributed by atoms with Gasteiger partial charge in [-0.15, -0.1) is 0 Å². The topological polar surface area (TPSA) is 54.0 Å². The number of methoxy groups -OCH3 is 2. The summed E-state index contributed by atoms with van der Waals surface area (Å²) in [5.74, 6) is 1.07. The number of ketones is 1. The zero-order valence-electron chi connectivity index (χ0n) is 13.9. The van der Waals surface area contributed by atoms with Crippen molar-refractivity contribution in [2.24, 2.45) is 0 Å². The van der Waals surface area contributed by atoms with Gasteiger partial charge in [-0.3, -0.25) is 4.79 Å². The lowest BCUT2D eigenvalue weighted by Gasteiger charge is -2.17. The molecule has 0 atom stereocenters. The van der Waals surface area contributed by atoms with Crippen LogP contribution in [0.2, 0.25) is 0 Å². The highest BCUT2D eigenvalue weighted by atomic mass is 16.7. The number of carbonyl (C=O) groups is 1. The van der Waals surface area contributed by atoms with Crippen LogP contribution in [0.15, 0.2) is 23.8 Å². The molecule has 0 aliphatic rings. The molecule has 22 heavy (non-hydrogen) atoms. The minimum absolute atomic E-state index is 0.0653. The van der Waals surface area contributed by atoms with Crippen LogP contribution < -0.4 is 9.47 Å². The molecule has 1 aromatic carbocycles. The largest absolute Gasteiger partial charge is 0.467 e. The van der Waals surface area contributed by atoms with Gasteiger partial charge in [-0.1, -0.05) is 11.6 Å². The second kappa shape index (κ2) is 9.23. The lowest BCUT2D eigenvalue weighted by Crippen LogP contribution is -2.09. The summed E-state index contributed by atoms with van der Waals surface area (Å²) in [6.45, 7) is 5.73. The molecule has 0 spiro atoms. The van der Waals surface area contributed by atoms with Crippen molar-refractivity contribution in [2.75, 3.05) is 27.8 Å². The van der Waals surface area contributed by atoms with Gasteiger partial charge in [0, 0.05) is 19.8 Å². The summed E-state index contributed by atoms with van der Waals surface area (Å²) in [6, 6.07) is 3.47. The first-order valence-electron chi connectivity index (χ1n) is 7.04. The number of rotatable bonds is 9. The number of Topliss-reactive ketones (excluding diaryl/α,β-unsaturated/α-hetero) is 1. The molecule has 0 aliphatic carbocycles. The first-order chi connectivity index (χ1) is 10.5. The van der Waals surface area contributed by atoms with Crippen molar-refractivity contribution >= 4 is 5.78 Å². The van der Waals surface area contributed by atoms with Gasteiger partial charge in [0.15, 0.2) is 19.4 Å². The Morgan fingerprint density at radius 3 is 2.23 bits per heavy atom. The Hall–Kier alpha value is -1.85. The molecule has 1 rings (SSSR count). The minimum atomic E-state index is -0.0668. The average molecular weight is 308 g/mol. The van der Waals surface area contributed by atoms with E-state index in [9.17, 15) is 4.79 Å². The van der Waals surface area contributed by atoms with E-state index in [2.05, 4.69) is 6.08 Å². The second-order valence-electron chi connectivity index (χ2n) is 5.06. The number of benzene rings is 1. The molecule has 0 bridgehead atoms. The summed E-state index contributed by atoms with van der Waals surface area (Å²) >= 11 is 0. The van der Waals surface area contributed by atoms with E-state index < -0.39 is 0 Å². The monoisotopic (exact) mass is 308 g/mol. The van der Waals surface area contributed by atoms with Gasteiger partial charge < -0.3 is 18.9 Å². The fraction of sp³-hybridized carbons (Fsp3) is 0.471. The molecular formula is C17H24O5. The zero-order valence-corrected chi connectivity index (χ0v) is 13.9. The van der Waals surface area contributed by atoms with E-state index >= 15 is 0 Å². The van der Waals surface area contributed by atoms with E-state index in [-0.39, 0.29) is 19.4 Å². The normalized spacial score (nSPS) is 10.2. The molecule has 122 valence electrons. The number of carbonyl (C=O) groups excluding carboxylic acids is 1. The van der Waals surface area contributed by atoms with Crippen LogP contribution in [0, 0.1) is 0 Å². The predicted molar refractivity (Wildman–Crippen MR) is 84.6 cm³/mol. The van der Waals surface area contributed by atoms with Crippen molar-refractivity contribution in [3.63, 3.8) is 0 Å². The molecule has 0 radical (unpaired) electrons. The lowest BCUT2D eigenvalue weighted by atomic mass is 10.0. The smallest absolute Gasteiger partial charge is 0.188 e. The molecule has 0 saturated heterocycles. The molecule has 0 unspecified atom stereocenters. The minimum Gasteiger partial charge on any atom is -0.467 e. The van der Waals surface area contributed by atoms with Crippen molar-refractivity contribution in [3.8, 4) is 11.5 Å². The summed E-state index contributed by atoms with van der Waals surface area (Å²) in [7, 11) is 3.09. The van der Waals surface area contributed by atoms with E-state index in [0.29, 0.717) is 23.5 Å². The van der Waals surface area contributed by atoms with Crippen molar-refractivity contribution in [3.05, 3.63) is 34.9 Å². The van der Waals surface area contributed by atoms with Gasteiger partial charge in [0.25, 0.3) is 0 Å². The highest BCUT2D eigenvalue weighted by Crippen LogP contribution is 2.34. The molecule has 0 N–H and O–H groups in total. The Balaban J connectivity index is 3.33. The fourth-order valence-electron chi connectivity index (χ4n) is 1.93. The number of hydrogen-bond donors (Lipinski definition) is 0. The fourth-order valence-corrected chi connectivity index (χ4v) is 1.93. The summed E-state index contributed by atoms with van der Waals surface area (Å²) in [6.07, 6.45) is 2.65.